The van der Waals surface area contributed by atoms with E-state index in [0.717, 1.165) is 17.7 Å². The average Bonchev–Trinajstić information content (AvgIpc) is 2.48. The molecule has 0 fully saturated rings. The molecule has 0 saturated heterocycles. The average molecular weight is 256 g/mol. The van der Waals surface area contributed by atoms with Crippen molar-refractivity contribution in [1.82, 2.24) is 0 Å². The number of aliphatic hydroxyl groups excluding tert-OH is 1. The van der Waals surface area contributed by atoms with Crippen LogP contribution < -0.4 is 4.74 Å². The lowest BCUT2D eigenvalue weighted by atomic mass is 9.78. The maximum absolute atomic E-state index is 9.82. The second-order valence-corrected chi connectivity index (χ2v) is 5.11. The fraction of sp³-hybridized carbons (Fsp3) is 0.294. The van der Waals surface area contributed by atoms with Crippen molar-refractivity contribution < 1.29 is 9.84 Å². The van der Waals surface area contributed by atoms with Gasteiger partial charge in [0.05, 0.1) is 13.7 Å². The number of hydrogen-bond acceptors (Lipinski definition) is 2. The molecule has 2 rings (SSSR count). The van der Waals surface area contributed by atoms with Crippen molar-refractivity contribution >= 4 is 0 Å². The lowest BCUT2D eigenvalue weighted by Crippen LogP contribution is -2.29. The summed E-state index contributed by atoms with van der Waals surface area (Å²) >= 11 is 0. The van der Waals surface area contributed by atoms with Crippen LogP contribution in [0, 0.1) is 0 Å². The summed E-state index contributed by atoms with van der Waals surface area (Å²) in [6.07, 6.45) is 0.803. The number of hydrogen-bond donors (Lipinski definition) is 1. The van der Waals surface area contributed by atoms with Crippen LogP contribution in [-0.2, 0) is 11.8 Å². The van der Waals surface area contributed by atoms with E-state index >= 15 is 0 Å². The van der Waals surface area contributed by atoms with Gasteiger partial charge in [0, 0.05) is 5.41 Å². The first-order chi connectivity index (χ1) is 9.18. The van der Waals surface area contributed by atoms with Gasteiger partial charge in [-0.3, -0.25) is 0 Å². The predicted octanol–water partition coefficient (Wildman–Crippen LogP) is 3.19. The minimum atomic E-state index is -0.296. The summed E-state index contributed by atoms with van der Waals surface area (Å²) in [4.78, 5) is 0. The van der Waals surface area contributed by atoms with Gasteiger partial charge >= 0.3 is 0 Å². The van der Waals surface area contributed by atoms with E-state index in [0.29, 0.717) is 0 Å². The van der Waals surface area contributed by atoms with E-state index < -0.39 is 0 Å². The van der Waals surface area contributed by atoms with E-state index in [4.69, 9.17) is 4.74 Å². The molecule has 0 aromatic heterocycles. The van der Waals surface area contributed by atoms with Crippen LogP contribution in [0.4, 0.5) is 0 Å². The lowest BCUT2D eigenvalue weighted by Gasteiger charge is -2.28. The molecule has 2 aromatic rings. The van der Waals surface area contributed by atoms with E-state index in [2.05, 4.69) is 19.1 Å². The minimum absolute atomic E-state index is 0.106. The molecule has 1 unspecified atom stereocenters. The van der Waals surface area contributed by atoms with Gasteiger partial charge in [-0.2, -0.15) is 0 Å². The van der Waals surface area contributed by atoms with Crippen LogP contribution in [0.5, 0.6) is 5.75 Å². The largest absolute Gasteiger partial charge is 0.497 e. The third-order valence-corrected chi connectivity index (χ3v) is 3.55. The van der Waals surface area contributed by atoms with Crippen molar-refractivity contribution in [1.29, 1.82) is 0 Å². The first-order valence-electron chi connectivity index (χ1n) is 6.47. The molecule has 0 spiro atoms. The van der Waals surface area contributed by atoms with Crippen LogP contribution in [0.25, 0.3) is 0 Å². The summed E-state index contributed by atoms with van der Waals surface area (Å²) in [6, 6.07) is 18.2. The Morgan fingerprint density at radius 1 is 1.05 bits per heavy atom. The minimum Gasteiger partial charge on any atom is -0.497 e. The monoisotopic (exact) mass is 256 g/mol. The van der Waals surface area contributed by atoms with Gasteiger partial charge in [0.2, 0.25) is 0 Å². The highest BCUT2D eigenvalue weighted by atomic mass is 16.5. The van der Waals surface area contributed by atoms with E-state index in [1.54, 1.807) is 7.11 Å². The van der Waals surface area contributed by atoms with Gasteiger partial charge in [-0.05, 0) is 29.7 Å². The summed E-state index contributed by atoms with van der Waals surface area (Å²) in [7, 11) is 1.66. The smallest absolute Gasteiger partial charge is 0.119 e. The van der Waals surface area contributed by atoms with Crippen molar-refractivity contribution in [3.63, 3.8) is 0 Å². The van der Waals surface area contributed by atoms with Gasteiger partial charge in [0.25, 0.3) is 0 Å². The van der Waals surface area contributed by atoms with Gasteiger partial charge in [0.15, 0.2) is 0 Å². The zero-order valence-corrected chi connectivity index (χ0v) is 11.5. The second-order valence-electron chi connectivity index (χ2n) is 5.11. The molecule has 2 nitrogen and oxygen atoms in total. The second kappa shape index (κ2) is 5.89. The Kier molecular flexibility index (Phi) is 4.23. The Morgan fingerprint density at radius 2 is 1.79 bits per heavy atom. The molecule has 100 valence electrons. The molecule has 0 bridgehead atoms. The topological polar surface area (TPSA) is 29.5 Å². The van der Waals surface area contributed by atoms with Crippen LogP contribution in [0.3, 0.4) is 0 Å². The third kappa shape index (κ3) is 3.15. The third-order valence-electron chi connectivity index (χ3n) is 3.55. The zero-order chi connectivity index (χ0) is 13.7. The molecule has 0 aliphatic rings. The Balaban J connectivity index is 2.30. The molecule has 0 radical (unpaired) electrons. The molecule has 0 aliphatic carbocycles. The van der Waals surface area contributed by atoms with Crippen LogP contribution in [0.1, 0.15) is 18.1 Å². The Morgan fingerprint density at radius 3 is 2.42 bits per heavy atom. The fourth-order valence-corrected chi connectivity index (χ4v) is 2.29. The SMILES string of the molecule is COc1cccc(C(C)(CO)Cc2ccccc2)c1. The van der Waals surface area contributed by atoms with E-state index in [1.165, 1.54) is 5.56 Å². The molecule has 0 heterocycles. The summed E-state index contributed by atoms with van der Waals surface area (Å²) in [6.45, 7) is 2.18. The molecule has 1 atom stereocenters. The Bertz CT molecular complexity index is 522. The van der Waals surface area contributed by atoms with Gasteiger partial charge in [-0.1, -0.05) is 49.4 Å². The molecule has 2 heteroatoms. The van der Waals surface area contributed by atoms with Crippen molar-refractivity contribution in [3.05, 3.63) is 65.7 Å². The Hall–Kier alpha value is -1.80. The van der Waals surface area contributed by atoms with Crippen molar-refractivity contribution in [3.8, 4) is 5.75 Å². The quantitative estimate of drug-likeness (QED) is 0.890. The maximum atomic E-state index is 9.82. The zero-order valence-electron chi connectivity index (χ0n) is 11.5. The molecule has 2 aromatic carbocycles. The molecule has 1 N–H and O–H groups in total. The first kappa shape index (κ1) is 13.6. The van der Waals surface area contributed by atoms with Gasteiger partial charge in [-0.15, -0.1) is 0 Å². The molecule has 19 heavy (non-hydrogen) atoms. The van der Waals surface area contributed by atoms with E-state index in [9.17, 15) is 5.11 Å². The molecule has 0 aliphatic heterocycles. The number of rotatable bonds is 5. The summed E-state index contributed by atoms with van der Waals surface area (Å²) in [5, 5.41) is 9.82. The standard InChI is InChI=1S/C17H20O2/c1-17(13-18,12-14-7-4-3-5-8-14)15-9-6-10-16(11-15)19-2/h3-11,18H,12-13H2,1-2H3. The Labute approximate surface area is 114 Å². The van der Waals surface area contributed by atoms with Crippen molar-refractivity contribution in [2.75, 3.05) is 13.7 Å². The van der Waals surface area contributed by atoms with Gasteiger partial charge in [0.1, 0.15) is 5.75 Å². The highest BCUT2D eigenvalue weighted by Gasteiger charge is 2.26. The summed E-state index contributed by atoms with van der Waals surface area (Å²) < 4.78 is 5.26. The van der Waals surface area contributed by atoms with Gasteiger partial charge < -0.3 is 9.84 Å². The molecule has 0 amide bonds. The number of ether oxygens (including phenoxy) is 1. The lowest BCUT2D eigenvalue weighted by molar-refractivity contribution is 0.204. The predicted molar refractivity (Wildman–Crippen MR) is 77.6 cm³/mol. The first-order valence-corrected chi connectivity index (χ1v) is 6.47. The number of aliphatic hydroxyl groups is 1. The number of methoxy groups -OCH3 is 1. The maximum Gasteiger partial charge on any atom is 0.119 e. The van der Waals surface area contributed by atoms with E-state index in [-0.39, 0.29) is 12.0 Å². The highest BCUT2D eigenvalue weighted by molar-refractivity contribution is 5.35. The van der Waals surface area contributed by atoms with Crippen LogP contribution in [0.15, 0.2) is 54.6 Å². The van der Waals surface area contributed by atoms with Gasteiger partial charge in [-0.25, -0.2) is 0 Å². The van der Waals surface area contributed by atoms with E-state index in [1.807, 2.05) is 42.5 Å². The summed E-state index contributed by atoms with van der Waals surface area (Å²) in [5.41, 5.74) is 2.02. The molecular weight excluding hydrogens is 236 g/mol. The van der Waals surface area contributed by atoms with Crippen molar-refractivity contribution in [2.24, 2.45) is 0 Å². The fourth-order valence-electron chi connectivity index (χ4n) is 2.29. The summed E-state index contributed by atoms with van der Waals surface area (Å²) in [5.74, 6) is 0.824. The van der Waals surface area contributed by atoms with Crippen LogP contribution >= 0.6 is 0 Å². The normalized spacial score (nSPS) is 13.8. The van der Waals surface area contributed by atoms with Crippen LogP contribution in [-0.4, -0.2) is 18.8 Å². The molecule has 0 saturated carbocycles. The van der Waals surface area contributed by atoms with Crippen LogP contribution in [0.2, 0.25) is 0 Å². The highest BCUT2D eigenvalue weighted by Crippen LogP contribution is 2.30. The molecular formula is C17H20O2. The van der Waals surface area contributed by atoms with Crippen molar-refractivity contribution in [2.45, 2.75) is 18.8 Å². The number of benzene rings is 2.